The number of Topliss-reactive ketones (excluding diaryl/α,β-unsaturated/α-hetero) is 1. The van der Waals surface area contributed by atoms with E-state index in [-0.39, 0.29) is 29.8 Å². The fourth-order valence-corrected chi connectivity index (χ4v) is 2.87. The predicted molar refractivity (Wildman–Crippen MR) is 91.3 cm³/mol. The Kier molecular flexibility index (Phi) is 6.01. The minimum absolute atomic E-state index is 0. The molecule has 0 bridgehead atoms. The lowest BCUT2D eigenvalue weighted by Crippen LogP contribution is -3.00. The van der Waals surface area contributed by atoms with Crippen molar-refractivity contribution in [3.63, 3.8) is 0 Å². The number of likely N-dealkylation sites (N-methyl/N-ethyl adjacent to an activating group) is 1. The van der Waals surface area contributed by atoms with Crippen LogP contribution >= 0.6 is 0 Å². The van der Waals surface area contributed by atoms with E-state index in [1.54, 1.807) is 24.8 Å². The van der Waals surface area contributed by atoms with Crippen molar-refractivity contribution >= 4 is 17.9 Å². The van der Waals surface area contributed by atoms with Gasteiger partial charge in [0.25, 0.3) is 0 Å². The second kappa shape index (κ2) is 7.81. The quantitative estimate of drug-likeness (QED) is 0.368. The van der Waals surface area contributed by atoms with Gasteiger partial charge in [-0.05, 0) is 47.5 Å². The average Bonchev–Trinajstić information content (AvgIpc) is 2.53. The molecule has 0 aliphatic carbocycles. The van der Waals surface area contributed by atoms with E-state index in [0.29, 0.717) is 0 Å². The number of hydrogen-bond donors (Lipinski definition) is 0. The molecule has 0 N–H and O–H groups in total. The molecule has 2 aromatic rings. The summed E-state index contributed by atoms with van der Waals surface area (Å²) in [5.41, 5.74) is 3.70. The third-order valence-corrected chi connectivity index (χ3v) is 3.87. The first kappa shape index (κ1) is 18.5. The number of carbonyl (C=O) groups excluding carboxylic acids is 1. The van der Waals surface area contributed by atoms with Gasteiger partial charge in [0.05, 0.1) is 25.2 Å². The normalized spacial score (nSPS) is 20.0. The van der Waals surface area contributed by atoms with Crippen LogP contribution in [0.2, 0.25) is 0 Å². The van der Waals surface area contributed by atoms with E-state index in [1.165, 1.54) is 0 Å². The third-order valence-electron chi connectivity index (χ3n) is 3.87. The number of carbonyl (C=O) groups is 1. The number of rotatable bonds is 2. The van der Waals surface area contributed by atoms with E-state index >= 15 is 0 Å². The number of aromatic nitrogens is 2. The smallest absolute Gasteiger partial charge is 0.196 e. The summed E-state index contributed by atoms with van der Waals surface area (Å²) in [4.78, 5) is 20.9. The van der Waals surface area contributed by atoms with Gasteiger partial charge in [-0.25, -0.2) is 0 Å². The molecule has 24 heavy (non-hydrogen) atoms. The second-order valence-corrected chi connectivity index (χ2v) is 6.48. The molecule has 1 saturated heterocycles. The summed E-state index contributed by atoms with van der Waals surface area (Å²) < 4.78 is 0.763. The highest BCUT2D eigenvalue weighted by atomic mass is 127. The Bertz CT molecular complexity index is 704. The largest absolute Gasteiger partial charge is 1.00 e. The van der Waals surface area contributed by atoms with Crippen LogP contribution in [0.3, 0.4) is 0 Å². The molecule has 0 aromatic carbocycles. The summed E-state index contributed by atoms with van der Waals surface area (Å²) >= 11 is 0. The molecule has 1 aliphatic heterocycles. The Morgan fingerprint density at radius 2 is 1.21 bits per heavy atom. The number of quaternary nitrogens is 1. The van der Waals surface area contributed by atoms with Crippen molar-refractivity contribution in [2.24, 2.45) is 0 Å². The van der Waals surface area contributed by atoms with Crippen LogP contribution in [0.15, 0.2) is 60.2 Å². The van der Waals surface area contributed by atoms with Crippen LogP contribution in [0.4, 0.5) is 0 Å². The van der Waals surface area contributed by atoms with Gasteiger partial charge in [0.1, 0.15) is 13.1 Å². The van der Waals surface area contributed by atoms with Crippen molar-refractivity contribution in [1.29, 1.82) is 0 Å². The van der Waals surface area contributed by atoms with Gasteiger partial charge >= 0.3 is 0 Å². The maximum atomic E-state index is 12.8. The van der Waals surface area contributed by atoms with E-state index in [2.05, 4.69) is 24.1 Å². The fraction of sp³-hybridized carbons (Fsp3) is 0.211. The SMILES string of the molecule is C[N+]1(C)C/C(=C\c2ccncc2)C(=O)/C(=C/c2ccncc2)C1.[I-]. The lowest BCUT2D eigenvalue weighted by molar-refractivity contribution is -0.881. The summed E-state index contributed by atoms with van der Waals surface area (Å²) in [6, 6.07) is 7.67. The van der Waals surface area contributed by atoms with E-state index in [9.17, 15) is 4.79 Å². The van der Waals surface area contributed by atoms with Gasteiger partial charge in [-0.2, -0.15) is 0 Å². The van der Waals surface area contributed by atoms with Gasteiger partial charge in [0, 0.05) is 24.8 Å². The number of hydrogen-bond acceptors (Lipinski definition) is 3. The van der Waals surface area contributed by atoms with Crippen molar-refractivity contribution in [3.05, 3.63) is 71.3 Å². The van der Waals surface area contributed by atoms with Crippen LogP contribution in [0.25, 0.3) is 12.2 Å². The van der Waals surface area contributed by atoms with Gasteiger partial charge in [0.15, 0.2) is 5.78 Å². The van der Waals surface area contributed by atoms with Gasteiger partial charge in [-0.3, -0.25) is 14.8 Å². The first-order valence-electron chi connectivity index (χ1n) is 7.61. The molecular formula is C19H20IN3O. The maximum Gasteiger partial charge on any atom is 0.196 e. The topological polar surface area (TPSA) is 42.9 Å². The fourth-order valence-electron chi connectivity index (χ4n) is 2.87. The Balaban J connectivity index is 0.00000208. The molecule has 1 aliphatic rings. The molecule has 2 aromatic heterocycles. The van der Waals surface area contributed by atoms with Crippen LogP contribution < -0.4 is 24.0 Å². The minimum atomic E-state index is 0. The Morgan fingerprint density at radius 1 is 0.833 bits per heavy atom. The molecule has 124 valence electrons. The molecule has 0 unspecified atom stereocenters. The van der Waals surface area contributed by atoms with E-state index in [4.69, 9.17) is 0 Å². The number of likely N-dealkylation sites (tertiary alicyclic amines) is 1. The summed E-state index contributed by atoms with van der Waals surface area (Å²) in [5.74, 6) is 0.135. The van der Waals surface area contributed by atoms with E-state index in [0.717, 1.165) is 39.8 Å². The molecule has 4 nitrogen and oxygen atoms in total. The molecule has 0 radical (unpaired) electrons. The molecular weight excluding hydrogens is 413 g/mol. The molecule has 0 saturated carbocycles. The van der Waals surface area contributed by atoms with Crippen LogP contribution in [0.5, 0.6) is 0 Å². The third kappa shape index (κ3) is 4.58. The Labute approximate surface area is 159 Å². The summed E-state index contributed by atoms with van der Waals surface area (Å²) in [5, 5.41) is 0. The number of nitrogens with zero attached hydrogens (tertiary/aromatic N) is 3. The van der Waals surface area contributed by atoms with E-state index in [1.807, 2.05) is 36.4 Å². The maximum absolute atomic E-state index is 12.8. The Morgan fingerprint density at radius 3 is 1.58 bits per heavy atom. The monoisotopic (exact) mass is 433 g/mol. The van der Waals surface area contributed by atoms with Gasteiger partial charge in [-0.15, -0.1) is 0 Å². The molecule has 5 heteroatoms. The van der Waals surface area contributed by atoms with Crippen molar-refractivity contribution in [2.45, 2.75) is 0 Å². The Hall–Kier alpha value is -1.86. The standard InChI is InChI=1S/C19H20N3O.HI/c1-22(2)13-17(11-15-3-7-20-8-4-15)19(23)18(14-22)12-16-5-9-21-10-6-16;/h3-12H,13-14H2,1-2H3;1H/q+1;/p-1/b17-11+,18-12+;. The van der Waals surface area contributed by atoms with E-state index < -0.39 is 0 Å². The number of halogens is 1. The van der Waals surface area contributed by atoms with Gasteiger partial charge < -0.3 is 28.5 Å². The number of pyridine rings is 2. The highest BCUT2D eigenvalue weighted by Gasteiger charge is 2.33. The molecule has 3 heterocycles. The van der Waals surface area contributed by atoms with Gasteiger partial charge in [-0.1, -0.05) is 0 Å². The first-order valence-corrected chi connectivity index (χ1v) is 7.61. The van der Waals surface area contributed by atoms with Crippen molar-refractivity contribution in [2.75, 3.05) is 27.2 Å². The molecule has 0 spiro atoms. The lowest BCUT2D eigenvalue weighted by atomic mass is 9.93. The highest BCUT2D eigenvalue weighted by Crippen LogP contribution is 2.24. The van der Waals surface area contributed by atoms with Gasteiger partial charge in [0.2, 0.25) is 0 Å². The first-order chi connectivity index (χ1) is 11.0. The van der Waals surface area contributed by atoms with Crippen molar-refractivity contribution in [1.82, 2.24) is 9.97 Å². The van der Waals surface area contributed by atoms with Crippen molar-refractivity contribution < 1.29 is 33.3 Å². The van der Waals surface area contributed by atoms with Crippen molar-refractivity contribution in [3.8, 4) is 0 Å². The minimum Gasteiger partial charge on any atom is -1.00 e. The average molecular weight is 433 g/mol. The predicted octanol–water partition coefficient (Wildman–Crippen LogP) is -0.393. The summed E-state index contributed by atoms with van der Waals surface area (Å²) in [6.45, 7) is 1.46. The zero-order valence-corrected chi connectivity index (χ0v) is 16.0. The molecule has 0 atom stereocenters. The molecule has 1 fully saturated rings. The summed E-state index contributed by atoms with van der Waals surface area (Å²) in [6.07, 6.45) is 10.9. The zero-order valence-electron chi connectivity index (χ0n) is 13.8. The zero-order chi connectivity index (χ0) is 16.3. The van der Waals surface area contributed by atoms with Crippen LogP contribution in [-0.4, -0.2) is 47.4 Å². The van der Waals surface area contributed by atoms with Crippen LogP contribution in [0, 0.1) is 0 Å². The highest BCUT2D eigenvalue weighted by molar-refractivity contribution is 6.14. The van der Waals surface area contributed by atoms with Crippen LogP contribution in [0.1, 0.15) is 11.1 Å². The lowest BCUT2D eigenvalue weighted by Gasteiger charge is -2.35. The second-order valence-electron chi connectivity index (χ2n) is 6.48. The summed E-state index contributed by atoms with van der Waals surface area (Å²) in [7, 11) is 4.29. The number of piperidine rings is 1. The van der Waals surface area contributed by atoms with Crippen LogP contribution in [-0.2, 0) is 4.79 Å². The molecule has 3 rings (SSSR count). The molecule has 0 amide bonds. The number of ketones is 1.